The van der Waals surface area contributed by atoms with Crippen LogP contribution in [0.1, 0.15) is 41.0 Å². The lowest BCUT2D eigenvalue weighted by Crippen LogP contribution is -2.65. The molecule has 1 aliphatic rings. The number of nitrogens with zero attached hydrogens (tertiary/aromatic N) is 1. The van der Waals surface area contributed by atoms with Gasteiger partial charge in [-0.05, 0) is 36.2 Å². The van der Waals surface area contributed by atoms with Crippen LogP contribution in [0.5, 0.6) is 0 Å². The lowest BCUT2D eigenvalue weighted by Gasteiger charge is -2.42. The third-order valence-electron chi connectivity index (χ3n) is 3.80. The van der Waals surface area contributed by atoms with Crippen LogP contribution in [0, 0.1) is 17.8 Å². The first kappa shape index (κ1) is 18.3. The Morgan fingerprint density at radius 1 is 1.19 bits per heavy atom. The fourth-order valence-electron chi connectivity index (χ4n) is 2.97. The molecule has 21 heavy (non-hydrogen) atoms. The maximum Gasteiger partial charge on any atom is 0.245 e. The molecule has 122 valence electrons. The van der Waals surface area contributed by atoms with Crippen molar-refractivity contribution in [2.75, 3.05) is 18.6 Å². The second-order valence-corrected chi connectivity index (χ2v) is 7.84. The second kappa shape index (κ2) is 8.06. The molecule has 3 atom stereocenters. The zero-order valence-electron chi connectivity index (χ0n) is 14.2. The highest BCUT2D eigenvalue weighted by atomic mass is 32.2. The van der Waals surface area contributed by atoms with Crippen molar-refractivity contribution in [3.05, 3.63) is 0 Å². The summed E-state index contributed by atoms with van der Waals surface area (Å²) in [5.74, 6) is 2.03. The summed E-state index contributed by atoms with van der Waals surface area (Å²) in [6, 6.07) is -0.681. The van der Waals surface area contributed by atoms with E-state index in [1.807, 2.05) is 18.7 Å². The highest BCUT2D eigenvalue weighted by Crippen LogP contribution is 2.22. The van der Waals surface area contributed by atoms with Gasteiger partial charge in [0.15, 0.2) is 0 Å². The van der Waals surface area contributed by atoms with Crippen molar-refractivity contribution < 1.29 is 9.59 Å². The Morgan fingerprint density at radius 2 is 1.81 bits per heavy atom. The van der Waals surface area contributed by atoms with Crippen molar-refractivity contribution in [3.63, 3.8) is 0 Å². The molecular weight excluding hydrogens is 284 g/mol. The third-order valence-corrected chi connectivity index (χ3v) is 4.70. The Kier molecular flexibility index (Phi) is 7.04. The van der Waals surface area contributed by atoms with Crippen molar-refractivity contribution in [2.24, 2.45) is 17.8 Å². The van der Waals surface area contributed by atoms with E-state index in [-0.39, 0.29) is 29.8 Å². The van der Waals surface area contributed by atoms with Crippen LogP contribution in [0.2, 0.25) is 0 Å². The summed E-state index contributed by atoms with van der Waals surface area (Å²) in [5, 5.41) is 2.93. The van der Waals surface area contributed by atoms with Gasteiger partial charge in [-0.25, -0.2) is 0 Å². The number of rotatable bonds is 7. The topological polar surface area (TPSA) is 49.4 Å². The molecule has 5 heteroatoms. The molecule has 1 fully saturated rings. The molecule has 1 N–H and O–H groups in total. The van der Waals surface area contributed by atoms with Crippen molar-refractivity contribution in [2.45, 2.75) is 53.1 Å². The second-order valence-electron chi connectivity index (χ2n) is 6.93. The van der Waals surface area contributed by atoms with Crippen LogP contribution in [0.25, 0.3) is 0 Å². The number of hydrogen-bond acceptors (Lipinski definition) is 3. The average molecular weight is 314 g/mol. The summed E-state index contributed by atoms with van der Waals surface area (Å²) >= 11 is 1.78. The van der Waals surface area contributed by atoms with Gasteiger partial charge in [0.25, 0.3) is 0 Å². The van der Waals surface area contributed by atoms with Crippen LogP contribution in [0.3, 0.4) is 0 Å². The minimum Gasteiger partial charge on any atom is -0.342 e. The molecule has 0 saturated carbocycles. The zero-order chi connectivity index (χ0) is 16.2. The van der Waals surface area contributed by atoms with Crippen LogP contribution in [-0.2, 0) is 9.59 Å². The molecule has 1 heterocycles. The predicted molar refractivity (Wildman–Crippen MR) is 89.3 cm³/mol. The molecule has 1 aliphatic heterocycles. The van der Waals surface area contributed by atoms with E-state index in [1.54, 1.807) is 11.8 Å². The number of carbonyl (C=O) groups excluding carboxylic acids is 2. The first-order valence-electron chi connectivity index (χ1n) is 7.87. The average Bonchev–Trinajstić information content (AvgIpc) is 2.34. The molecular formula is C16H30N2O2S. The highest BCUT2D eigenvalue weighted by molar-refractivity contribution is 7.98. The molecule has 0 radical (unpaired) electrons. The summed E-state index contributed by atoms with van der Waals surface area (Å²) in [4.78, 5) is 27.0. The Hall–Kier alpha value is -0.710. The number of amides is 2. The van der Waals surface area contributed by atoms with Gasteiger partial charge in [0.1, 0.15) is 12.1 Å². The van der Waals surface area contributed by atoms with Gasteiger partial charge in [0.05, 0.1) is 0 Å². The van der Waals surface area contributed by atoms with Crippen LogP contribution in [0.4, 0.5) is 0 Å². The standard InChI is InChI=1S/C16H30N2O2S/c1-10(2)7-13-16(20)18(8-12(5)9-21-6)14(11(3)4)15(19)17-13/h10-14H,7-9H2,1-6H3,(H,17,19). The smallest absolute Gasteiger partial charge is 0.245 e. The van der Waals surface area contributed by atoms with E-state index in [0.29, 0.717) is 24.8 Å². The van der Waals surface area contributed by atoms with E-state index in [1.165, 1.54) is 0 Å². The maximum atomic E-state index is 12.8. The van der Waals surface area contributed by atoms with Gasteiger partial charge < -0.3 is 10.2 Å². The largest absolute Gasteiger partial charge is 0.342 e. The highest BCUT2D eigenvalue weighted by Gasteiger charge is 2.42. The van der Waals surface area contributed by atoms with Crippen LogP contribution in [-0.4, -0.2) is 47.4 Å². The molecule has 0 spiro atoms. The molecule has 3 unspecified atom stereocenters. The normalized spacial score (nSPS) is 24.7. The first-order chi connectivity index (χ1) is 9.77. The number of carbonyl (C=O) groups is 2. The van der Waals surface area contributed by atoms with Crippen LogP contribution in [0.15, 0.2) is 0 Å². The van der Waals surface area contributed by atoms with Gasteiger partial charge in [-0.1, -0.05) is 34.6 Å². The van der Waals surface area contributed by atoms with E-state index < -0.39 is 0 Å². The van der Waals surface area contributed by atoms with Gasteiger partial charge >= 0.3 is 0 Å². The molecule has 0 aromatic carbocycles. The summed E-state index contributed by atoms with van der Waals surface area (Å²) in [6.45, 7) is 11.0. The summed E-state index contributed by atoms with van der Waals surface area (Å²) in [7, 11) is 0. The van der Waals surface area contributed by atoms with Crippen molar-refractivity contribution in [1.82, 2.24) is 10.2 Å². The van der Waals surface area contributed by atoms with Gasteiger partial charge in [0, 0.05) is 6.54 Å². The van der Waals surface area contributed by atoms with E-state index in [0.717, 1.165) is 5.75 Å². The molecule has 2 amide bonds. The van der Waals surface area contributed by atoms with Gasteiger partial charge in [-0.3, -0.25) is 9.59 Å². The van der Waals surface area contributed by atoms with Crippen molar-refractivity contribution in [3.8, 4) is 0 Å². The molecule has 0 aliphatic carbocycles. The monoisotopic (exact) mass is 314 g/mol. The SMILES string of the molecule is CSCC(C)CN1C(=O)C(CC(C)C)NC(=O)C1C(C)C. The predicted octanol–water partition coefficient (Wildman–Crippen LogP) is 2.38. The summed E-state index contributed by atoms with van der Waals surface area (Å²) < 4.78 is 0. The first-order valence-corrected chi connectivity index (χ1v) is 9.27. The Bertz CT molecular complexity index is 371. The van der Waals surface area contributed by atoms with Gasteiger partial charge in [-0.2, -0.15) is 11.8 Å². The van der Waals surface area contributed by atoms with Gasteiger partial charge in [0.2, 0.25) is 11.8 Å². The maximum absolute atomic E-state index is 12.8. The minimum atomic E-state index is -0.353. The molecule has 1 rings (SSSR count). The molecule has 0 aromatic rings. The minimum absolute atomic E-state index is 0.00611. The van der Waals surface area contributed by atoms with E-state index in [4.69, 9.17) is 0 Å². The summed E-state index contributed by atoms with van der Waals surface area (Å²) in [6.07, 6.45) is 2.78. The molecule has 1 saturated heterocycles. The van der Waals surface area contributed by atoms with E-state index in [9.17, 15) is 9.59 Å². The van der Waals surface area contributed by atoms with E-state index in [2.05, 4.69) is 32.3 Å². The fourth-order valence-corrected chi connectivity index (χ4v) is 3.64. The Morgan fingerprint density at radius 3 is 2.29 bits per heavy atom. The molecule has 0 aromatic heterocycles. The summed E-state index contributed by atoms with van der Waals surface area (Å²) in [5.41, 5.74) is 0. The van der Waals surface area contributed by atoms with Crippen LogP contribution < -0.4 is 5.32 Å². The molecule has 4 nitrogen and oxygen atoms in total. The quantitative estimate of drug-likeness (QED) is 0.785. The van der Waals surface area contributed by atoms with Crippen molar-refractivity contribution in [1.29, 1.82) is 0 Å². The zero-order valence-corrected chi connectivity index (χ0v) is 15.0. The Balaban J connectivity index is 2.92. The Labute approximate surface area is 133 Å². The lowest BCUT2D eigenvalue weighted by molar-refractivity contribution is -0.152. The number of nitrogens with one attached hydrogen (secondary N) is 1. The lowest BCUT2D eigenvalue weighted by atomic mass is 9.93. The van der Waals surface area contributed by atoms with Crippen LogP contribution >= 0.6 is 11.8 Å². The third kappa shape index (κ3) is 4.90. The number of hydrogen-bond donors (Lipinski definition) is 1. The van der Waals surface area contributed by atoms with Gasteiger partial charge in [-0.15, -0.1) is 0 Å². The van der Waals surface area contributed by atoms with Crippen molar-refractivity contribution >= 4 is 23.6 Å². The molecule has 0 bridgehead atoms. The fraction of sp³-hybridized carbons (Fsp3) is 0.875. The number of thioether (sulfide) groups is 1. The number of piperazine rings is 1. The van der Waals surface area contributed by atoms with E-state index >= 15 is 0 Å².